The van der Waals surface area contributed by atoms with Crippen molar-refractivity contribution in [2.24, 2.45) is 4.99 Å². The number of benzene rings is 2. The Morgan fingerprint density at radius 2 is 2.03 bits per heavy atom. The third-order valence-electron chi connectivity index (χ3n) is 4.94. The summed E-state index contributed by atoms with van der Waals surface area (Å²) in [6.45, 7) is 2.09. The molecule has 164 valence electrons. The number of aliphatic imine (C=N–C) groups is 1. The Morgan fingerprint density at radius 3 is 2.81 bits per heavy atom. The quantitative estimate of drug-likeness (QED) is 0.199. The molecule has 0 amide bonds. The first-order chi connectivity index (χ1) is 15.5. The Hall–Kier alpha value is -2.48. The fourth-order valence-electron chi connectivity index (χ4n) is 3.51. The third-order valence-corrected chi connectivity index (χ3v) is 6.87. The predicted molar refractivity (Wildman–Crippen MR) is 130 cm³/mol. The fraction of sp³-hybridized carbons (Fsp3) is 0.208. The van der Waals surface area contributed by atoms with E-state index in [9.17, 15) is 9.59 Å². The van der Waals surface area contributed by atoms with Crippen LogP contribution in [0.15, 0.2) is 51.9 Å². The van der Waals surface area contributed by atoms with E-state index in [1.54, 1.807) is 55.6 Å². The van der Waals surface area contributed by atoms with E-state index in [1.165, 1.54) is 16.2 Å². The molecule has 3 aromatic rings. The summed E-state index contributed by atoms with van der Waals surface area (Å²) in [5, 5.41) is 1.06. The van der Waals surface area contributed by atoms with E-state index in [0.717, 1.165) is 29.3 Å². The number of carbonyl (C=O) groups is 2. The zero-order valence-corrected chi connectivity index (χ0v) is 20.4. The Kier molecular flexibility index (Phi) is 7.08. The average molecular weight is 533 g/mol. The van der Waals surface area contributed by atoms with E-state index in [-0.39, 0.29) is 5.97 Å². The molecule has 0 aliphatic heterocycles. The lowest BCUT2D eigenvalue weighted by Gasteiger charge is -2.08. The second-order valence-corrected chi connectivity index (χ2v) is 9.53. The molecular formula is C24H19BrClNO4S. The summed E-state index contributed by atoms with van der Waals surface area (Å²) in [5.41, 5.74) is 2.54. The van der Waals surface area contributed by atoms with Crippen LogP contribution in [0.1, 0.15) is 50.1 Å². The first kappa shape index (κ1) is 22.7. The summed E-state index contributed by atoms with van der Waals surface area (Å²) in [5.74, 6) is -0.517. The number of aryl methyl sites for hydroxylation is 1. The van der Waals surface area contributed by atoms with Crippen molar-refractivity contribution >= 4 is 62.0 Å². The van der Waals surface area contributed by atoms with Crippen molar-refractivity contribution in [1.82, 2.24) is 0 Å². The van der Waals surface area contributed by atoms with Crippen LogP contribution < -0.4 is 4.74 Å². The molecule has 8 heteroatoms. The maximum Gasteiger partial charge on any atom is 0.343 e. The molecule has 32 heavy (non-hydrogen) atoms. The topological polar surface area (TPSA) is 65.0 Å². The average Bonchev–Trinajstić information content (AvgIpc) is 3.34. The van der Waals surface area contributed by atoms with Gasteiger partial charge in [-0.25, -0.2) is 14.6 Å². The number of esters is 2. The van der Waals surface area contributed by atoms with Crippen molar-refractivity contribution in [3.63, 3.8) is 0 Å². The zero-order valence-electron chi connectivity index (χ0n) is 17.2. The molecule has 0 radical (unpaired) electrons. The number of fused-ring (bicyclic) bond motifs is 1. The van der Waals surface area contributed by atoms with Gasteiger partial charge in [0.1, 0.15) is 10.8 Å². The van der Waals surface area contributed by atoms with Gasteiger partial charge in [-0.1, -0.05) is 33.6 Å². The van der Waals surface area contributed by atoms with E-state index in [4.69, 9.17) is 21.1 Å². The highest BCUT2D eigenvalue weighted by Crippen LogP contribution is 2.41. The van der Waals surface area contributed by atoms with Crippen LogP contribution >= 0.6 is 38.9 Å². The highest BCUT2D eigenvalue weighted by atomic mass is 79.9. The van der Waals surface area contributed by atoms with Gasteiger partial charge in [-0.15, -0.1) is 11.3 Å². The maximum absolute atomic E-state index is 12.6. The van der Waals surface area contributed by atoms with Crippen LogP contribution in [0, 0.1) is 0 Å². The molecule has 0 saturated carbocycles. The van der Waals surface area contributed by atoms with Crippen molar-refractivity contribution in [3.05, 3.63) is 79.1 Å². The number of carbonyl (C=O) groups excluding carboxylic acids is 2. The lowest BCUT2D eigenvalue weighted by Crippen LogP contribution is -2.09. The number of thiophene rings is 1. The molecule has 1 aromatic heterocycles. The van der Waals surface area contributed by atoms with Crippen molar-refractivity contribution in [2.45, 2.75) is 26.2 Å². The van der Waals surface area contributed by atoms with Gasteiger partial charge in [-0.2, -0.15) is 0 Å². The minimum absolute atomic E-state index is 0.307. The standard InChI is InChI=1S/C24H19BrClNO4S/c1-2-30-24(29)21-18-7-4-8-20(18)32-22(21)27-13-15-11-16(25)9-10-19(15)31-23(28)14-5-3-6-17(26)12-14/h3,5-6,9-13H,2,4,7-8H2,1H3/b27-13+. The SMILES string of the molecule is CCOC(=O)c1c(/N=C/c2cc(Br)ccc2OC(=O)c2cccc(Cl)c2)sc2c1CCC2. The molecule has 0 atom stereocenters. The molecule has 5 nitrogen and oxygen atoms in total. The Balaban J connectivity index is 1.65. The Bertz CT molecular complexity index is 1220. The molecule has 0 saturated heterocycles. The minimum Gasteiger partial charge on any atom is -0.462 e. The van der Waals surface area contributed by atoms with Crippen LogP contribution in [0.4, 0.5) is 5.00 Å². The molecule has 4 rings (SSSR count). The van der Waals surface area contributed by atoms with Crippen LogP contribution in [0.3, 0.4) is 0 Å². The minimum atomic E-state index is -0.521. The second kappa shape index (κ2) is 9.98. The molecule has 0 N–H and O–H groups in total. The van der Waals surface area contributed by atoms with Crippen molar-refractivity contribution < 1.29 is 19.1 Å². The normalized spacial score (nSPS) is 12.7. The first-order valence-electron chi connectivity index (χ1n) is 10.1. The van der Waals surface area contributed by atoms with E-state index in [2.05, 4.69) is 20.9 Å². The van der Waals surface area contributed by atoms with Gasteiger partial charge >= 0.3 is 11.9 Å². The molecule has 0 spiro atoms. The summed E-state index contributed by atoms with van der Waals surface area (Å²) in [6.07, 6.45) is 4.44. The molecule has 1 aliphatic carbocycles. The van der Waals surface area contributed by atoms with Gasteiger partial charge in [0.15, 0.2) is 0 Å². The van der Waals surface area contributed by atoms with Crippen LogP contribution in [-0.2, 0) is 17.6 Å². The molecule has 0 fully saturated rings. The molecule has 2 aromatic carbocycles. The van der Waals surface area contributed by atoms with Gasteiger partial charge in [0.05, 0.1) is 17.7 Å². The first-order valence-corrected chi connectivity index (χ1v) is 12.1. The van der Waals surface area contributed by atoms with Crippen LogP contribution in [-0.4, -0.2) is 24.8 Å². The van der Waals surface area contributed by atoms with Gasteiger partial charge in [-0.05, 0) is 68.1 Å². The van der Waals surface area contributed by atoms with E-state index in [0.29, 0.717) is 39.1 Å². The molecule has 1 aliphatic rings. The summed E-state index contributed by atoms with van der Waals surface area (Å²) >= 11 is 10.9. The molecule has 1 heterocycles. The van der Waals surface area contributed by atoms with Gasteiger partial charge in [-0.3, -0.25) is 0 Å². The number of rotatable bonds is 6. The molecule has 0 bridgehead atoms. The van der Waals surface area contributed by atoms with Gasteiger partial charge < -0.3 is 9.47 Å². The summed E-state index contributed by atoms with van der Waals surface area (Å²) in [4.78, 5) is 30.9. The zero-order chi connectivity index (χ0) is 22.7. The summed E-state index contributed by atoms with van der Waals surface area (Å²) in [7, 11) is 0. The molecular weight excluding hydrogens is 514 g/mol. The maximum atomic E-state index is 12.6. The number of hydrogen-bond acceptors (Lipinski definition) is 6. The third kappa shape index (κ3) is 4.95. The highest BCUT2D eigenvalue weighted by Gasteiger charge is 2.27. The lowest BCUT2D eigenvalue weighted by molar-refractivity contribution is 0.0526. The van der Waals surface area contributed by atoms with Crippen molar-refractivity contribution in [1.29, 1.82) is 0 Å². The summed E-state index contributed by atoms with van der Waals surface area (Å²) in [6, 6.07) is 11.8. The largest absolute Gasteiger partial charge is 0.462 e. The van der Waals surface area contributed by atoms with E-state index >= 15 is 0 Å². The number of hydrogen-bond donors (Lipinski definition) is 0. The lowest BCUT2D eigenvalue weighted by atomic mass is 10.1. The molecule has 0 unspecified atom stereocenters. The van der Waals surface area contributed by atoms with Crippen LogP contribution in [0.2, 0.25) is 5.02 Å². The van der Waals surface area contributed by atoms with Gasteiger partial charge in [0.2, 0.25) is 0 Å². The second-order valence-electron chi connectivity index (χ2n) is 7.10. The van der Waals surface area contributed by atoms with E-state index in [1.807, 2.05) is 0 Å². The number of halogens is 2. The Morgan fingerprint density at radius 1 is 1.19 bits per heavy atom. The Labute approximate surface area is 203 Å². The van der Waals surface area contributed by atoms with Crippen LogP contribution in [0.25, 0.3) is 0 Å². The van der Waals surface area contributed by atoms with Gasteiger partial charge in [0, 0.05) is 26.2 Å². The van der Waals surface area contributed by atoms with Crippen molar-refractivity contribution in [3.8, 4) is 5.75 Å². The fourth-order valence-corrected chi connectivity index (χ4v) is 5.30. The van der Waals surface area contributed by atoms with E-state index < -0.39 is 5.97 Å². The van der Waals surface area contributed by atoms with Gasteiger partial charge in [0.25, 0.3) is 0 Å². The highest BCUT2D eigenvalue weighted by molar-refractivity contribution is 9.10. The number of nitrogens with zero attached hydrogens (tertiary/aromatic N) is 1. The monoisotopic (exact) mass is 531 g/mol. The smallest absolute Gasteiger partial charge is 0.343 e. The van der Waals surface area contributed by atoms with Crippen LogP contribution in [0.5, 0.6) is 5.75 Å². The van der Waals surface area contributed by atoms with Crippen molar-refractivity contribution in [2.75, 3.05) is 6.61 Å². The predicted octanol–water partition coefficient (Wildman–Crippen LogP) is 6.80. The number of ether oxygens (including phenoxy) is 2. The summed E-state index contributed by atoms with van der Waals surface area (Å²) < 4.78 is 11.7.